The van der Waals surface area contributed by atoms with E-state index in [4.69, 9.17) is 19.4 Å². The van der Waals surface area contributed by atoms with E-state index in [1.807, 2.05) is 0 Å². The summed E-state index contributed by atoms with van der Waals surface area (Å²) < 4.78 is 9.07. The predicted octanol–water partition coefficient (Wildman–Crippen LogP) is 15.5. The lowest BCUT2D eigenvalue weighted by molar-refractivity contribution is 0.669. The van der Waals surface area contributed by atoms with Crippen molar-refractivity contribution < 1.29 is 4.42 Å². The molecule has 3 aromatic heterocycles. The van der Waals surface area contributed by atoms with Crippen LogP contribution in [0.4, 0.5) is 0 Å². The number of fused-ring (bicyclic) bond motifs is 8. The highest BCUT2D eigenvalue weighted by molar-refractivity contribution is 6.12. The second-order valence-corrected chi connectivity index (χ2v) is 16.5. The molecule has 64 heavy (non-hydrogen) atoms. The second kappa shape index (κ2) is 14.5. The molecule has 0 fully saturated rings. The number of furan rings is 1. The van der Waals surface area contributed by atoms with Gasteiger partial charge in [-0.1, -0.05) is 164 Å². The standard InChI is InChI=1S/C59H36N4O/c1-3-11-37(12-4-1)43-23-27-49-50-28-24-44(38-13-5-2-6-14-38)34-54(50)63(53(49)33-43)48-26-30-55-52(36-48)51-29-25-47(35-56(51)64-55)59-61-57(45-21-19-39-15-7-9-17-41(39)31-45)60-58(62-59)46-22-20-40-16-8-10-18-42(40)32-46/h1-36H. The van der Waals surface area contributed by atoms with Crippen molar-refractivity contribution in [2.75, 3.05) is 0 Å². The topological polar surface area (TPSA) is 56.7 Å². The molecule has 0 radical (unpaired) electrons. The highest BCUT2D eigenvalue weighted by Crippen LogP contribution is 2.40. The summed E-state index contributed by atoms with van der Waals surface area (Å²) in [6.45, 7) is 0. The van der Waals surface area contributed by atoms with Crippen molar-refractivity contribution >= 4 is 65.3 Å². The lowest BCUT2D eigenvalue weighted by Crippen LogP contribution is -2.00. The van der Waals surface area contributed by atoms with Gasteiger partial charge in [-0.15, -0.1) is 0 Å². The summed E-state index contributed by atoms with van der Waals surface area (Å²) in [4.78, 5) is 15.3. The quantitative estimate of drug-likeness (QED) is 0.168. The van der Waals surface area contributed by atoms with Gasteiger partial charge < -0.3 is 8.98 Å². The molecular formula is C59H36N4O. The maximum Gasteiger partial charge on any atom is 0.164 e. The van der Waals surface area contributed by atoms with Gasteiger partial charge in [-0.3, -0.25) is 0 Å². The lowest BCUT2D eigenvalue weighted by atomic mass is 10.0. The van der Waals surface area contributed by atoms with Crippen LogP contribution in [0, 0.1) is 0 Å². The van der Waals surface area contributed by atoms with Gasteiger partial charge in [0.15, 0.2) is 17.5 Å². The van der Waals surface area contributed by atoms with E-state index in [2.05, 4.69) is 223 Å². The van der Waals surface area contributed by atoms with Crippen molar-refractivity contribution in [2.24, 2.45) is 0 Å². The fourth-order valence-electron chi connectivity index (χ4n) is 9.38. The molecular weight excluding hydrogens is 781 g/mol. The zero-order valence-corrected chi connectivity index (χ0v) is 34.5. The molecule has 0 atom stereocenters. The Morgan fingerprint density at radius 2 is 0.734 bits per heavy atom. The number of aromatic nitrogens is 4. The first-order chi connectivity index (χ1) is 31.7. The summed E-state index contributed by atoms with van der Waals surface area (Å²) in [5.74, 6) is 1.81. The average Bonchev–Trinajstić information content (AvgIpc) is 3.90. The first kappa shape index (κ1) is 36.0. The van der Waals surface area contributed by atoms with Gasteiger partial charge in [0.05, 0.1) is 11.0 Å². The zero-order chi connectivity index (χ0) is 42.1. The van der Waals surface area contributed by atoms with Crippen LogP contribution in [0.2, 0.25) is 0 Å². The van der Waals surface area contributed by atoms with Crippen LogP contribution in [0.3, 0.4) is 0 Å². The summed E-state index contributed by atoms with van der Waals surface area (Å²) in [6.07, 6.45) is 0. The third kappa shape index (κ3) is 6.05. The Morgan fingerprint density at radius 3 is 1.28 bits per heavy atom. The molecule has 298 valence electrons. The minimum absolute atomic E-state index is 0.582. The van der Waals surface area contributed by atoms with Crippen LogP contribution < -0.4 is 0 Å². The highest BCUT2D eigenvalue weighted by atomic mass is 16.3. The summed E-state index contributed by atoms with van der Waals surface area (Å²) in [5, 5.41) is 9.07. The molecule has 5 nitrogen and oxygen atoms in total. The Labute approximate surface area is 368 Å². The van der Waals surface area contributed by atoms with Crippen LogP contribution in [-0.4, -0.2) is 19.5 Å². The molecule has 3 heterocycles. The maximum atomic E-state index is 6.66. The maximum absolute atomic E-state index is 6.66. The molecule has 5 heteroatoms. The Kier molecular flexibility index (Phi) is 8.15. The number of hydrogen-bond acceptors (Lipinski definition) is 4. The third-order valence-electron chi connectivity index (χ3n) is 12.6. The molecule has 13 rings (SSSR count). The van der Waals surface area contributed by atoms with E-state index in [9.17, 15) is 0 Å². The van der Waals surface area contributed by atoms with Gasteiger partial charge in [0, 0.05) is 43.9 Å². The van der Waals surface area contributed by atoms with Gasteiger partial charge in [-0.2, -0.15) is 0 Å². The zero-order valence-electron chi connectivity index (χ0n) is 34.5. The van der Waals surface area contributed by atoms with Crippen LogP contribution in [0.5, 0.6) is 0 Å². The van der Waals surface area contributed by atoms with E-state index in [1.165, 1.54) is 43.8 Å². The third-order valence-corrected chi connectivity index (χ3v) is 12.6. The smallest absolute Gasteiger partial charge is 0.164 e. The molecule has 0 aliphatic carbocycles. The summed E-state index contributed by atoms with van der Waals surface area (Å²) in [5.41, 5.74) is 12.4. The molecule has 0 bridgehead atoms. The van der Waals surface area contributed by atoms with Crippen molar-refractivity contribution in [3.8, 4) is 62.1 Å². The Hall–Kier alpha value is -8.67. The number of nitrogens with zero attached hydrogens (tertiary/aromatic N) is 4. The van der Waals surface area contributed by atoms with E-state index < -0.39 is 0 Å². The summed E-state index contributed by atoms with van der Waals surface area (Å²) in [7, 11) is 0. The molecule has 0 aliphatic rings. The molecule has 0 aliphatic heterocycles. The Balaban J connectivity index is 0.967. The van der Waals surface area contributed by atoms with Gasteiger partial charge in [-0.05, 0) is 98.4 Å². The normalized spacial score (nSPS) is 11.8. The fourth-order valence-corrected chi connectivity index (χ4v) is 9.38. The van der Waals surface area contributed by atoms with E-state index >= 15 is 0 Å². The fraction of sp³-hybridized carbons (Fsp3) is 0. The van der Waals surface area contributed by atoms with Gasteiger partial charge in [0.2, 0.25) is 0 Å². The van der Waals surface area contributed by atoms with Crippen molar-refractivity contribution in [1.29, 1.82) is 0 Å². The van der Waals surface area contributed by atoms with Gasteiger partial charge in [-0.25, -0.2) is 15.0 Å². The average molecular weight is 817 g/mol. The van der Waals surface area contributed by atoms with Gasteiger partial charge in [0.25, 0.3) is 0 Å². The van der Waals surface area contributed by atoms with Crippen LogP contribution in [0.25, 0.3) is 127 Å². The van der Waals surface area contributed by atoms with Gasteiger partial charge in [0.1, 0.15) is 11.2 Å². The van der Waals surface area contributed by atoms with Crippen molar-refractivity contribution in [1.82, 2.24) is 19.5 Å². The minimum atomic E-state index is 0.582. The highest BCUT2D eigenvalue weighted by Gasteiger charge is 2.19. The molecule has 0 unspecified atom stereocenters. The lowest BCUT2D eigenvalue weighted by Gasteiger charge is -2.10. The predicted molar refractivity (Wildman–Crippen MR) is 264 cm³/mol. The molecule has 0 spiro atoms. The van der Waals surface area contributed by atoms with Crippen LogP contribution >= 0.6 is 0 Å². The number of hydrogen-bond donors (Lipinski definition) is 0. The Bertz CT molecular complexity index is 3770. The molecule has 0 saturated heterocycles. The first-order valence-corrected chi connectivity index (χ1v) is 21.6. The van der Waals surface area contributed by atoms with Crippen LogP contribution in [0.1, 0.15) is 0 Å². The largest absolute Gasteiger partial charge is 0.456 e. The van der Waals surface area contributed by atoms with E-state index in [-0.39, 0.29) is 0 Å². The van der Waals surface area contributed by atoms with Gasteiger partial charge >= 0.3 is 0 Å². The first-order valence-electron chi connectivity index (χ1n) is 21.6. The molecule has 0 saturated carbocycles. The molecule has 0 amide bonds. The summed E-state index contributed by atoms with van der Waals surface area (Å²) >= 11 is 0. The monoisotopic (exact) mass is 816 g/mol. The number of rotatable bonds is 6. The van der Waals surface area contributed by atoms with Crippen molar-refractivity contribution in [3.63, 3.8) is 0 Å². The number of benzene rings is 10. The minimum Gasteiger partial charge on any atom is -0.456 e. The molecule has 13 aromatic rings. The van der Waals surface area contributed by atoms with Crippen LogP contribution in [0.15, 0.2) is 223 Å². The summed E-state index contributed by atoms with van der Waals surface area (Å²) in [6, 6.07) is 77.2. The second-order valence-electron chi connectivity index (χ2n) is 16.5. The SMILES string of the molecule is c1ccc(-c2ccc3c4ccc(-c5ccccc5)cc4n(-c4ccc5oc6cc(-c7nc(-c8ccc9ccccc9c8)nc(-c8ccc9ccccc9c8)n7)ccc6c5c4)c3c2)cc1. The molecule has 0 N–H and O–H groups in total. The Morgan fingerprint density at radius 1 is 0.281 bits per heavy atom. The van der Waals surface area contributed by atoms with E-state index in [0.717, 1.165) is 66.1 Å². The van der Waals surface area contributed by atoms with Crippen molar-refractivity contribution in [2.45, 2.75) is 0 Å². The van der Waals surface area contributed by atoms with Crippen molar-refractivity contribution in [3.05, 3.63) is 218 Å². The molecule has 10 aromatic carbocycles. The van der Waals surface area contributed by atoms with E-state index in [1.54, 1.807) is 0 Å². The van der Waals surface area contributed by atoms with Crippen LogP contribution in [-0.2, 0) is 0 Å². The van der Waals surface area contributed by atoms with E-state index in [0.29, 0.717) is 17.5 Å².